The molecule has 0 saturated heterocycles. The molecule has 2 heterocycles. The van der Waals surface area contributed by atoms with Crippen LogP contribution >= 0.6 is 22.7 Å². The highest BCUT2D eigenvalue weighted by molar-refractivity contribution is 7.19. The lowest BCUT2D eigenvalue weighted by atomic mass is 10.2. The summed E-state index contributed by atoms with van der Waals surface area (Å²) in [4.78, 5) is 16.8. The Balaban J connectivity index is 1.63. The molecule has 0 aliphatic carbocycles. The van der Waals surface area contributed by atoms with E-state index in [2.05, 4.69) is 27.8 Å². The maximum Gasteiger partial charge on any atom is 0.275 e. The van der Waals surface area contributed by atoms with Gasteiger partial charge in [0.25, 0.3) is 5.91 Å². The first-order valence-electron chi connectivity index (χ1n) is 7.10. The standard InChI is InChI=1S/C18H12N2OS2/c21-17(19-12-6-2-1-3-7-12)15-11-23-18(20-15)14-10-22-16-9-5-4-8-13(14)16/h1-11H,(H,19,21). The van der Waals surface area contributed by atoms with E-state index in [9.17, 15) is 4.79 Å². The predicted molar refractivity (Wildman–Crippen MR) is 97.3 cm³/mol. The molecule has 23 heavy (non-hydrogen) atoms. The molecule has 0 fully saturated rings. The fourth-order valence-electron chi connectivity index (χ4n) is 2.36. The maximum absolute atomic E-state index is 12.3. The van der Waals surface area contributed by atoms with Gasteiger partial charge in [0.05, 0.1) is 0 Å². The number of benzene rings is 2. The van der Waals surface area contributed by atoms with Gasteiger partial charge in [0.15, 0.2) is 0 Å². The van der Waals surface area contributed by atoms with Crippen molar-refractivity contribution in [3.63, 3.8) is 0 Å². The summed E-state index contributed by atoms with van der Waals surface area (Å²) < 4.78 is 1.23. The highest BCUT2D eigenvalue weighted by Gasteiger charge is 2.14. The average Bonchev–Trinajstić information content (AvgIpc) is 3.22. The van der Waals surface area contributed by atoms with Crippen molar-refractivity contribution in [1.82, 2.24) is 4.98 Å². The van der Waals surface area contributed by atoms with Gasteiger partial charge in [-0.3, -0.25) is 4.79 Å². The van der Waals surface area contributed by atoms with E-state index in [-0.39, 0.29) is 5.91 Å². The van der Waals surface area contributed by atoms with Crippen LogP contribution in [0.5, 0.6) is 0 Å². The number of nitrogens with zero attached hydrogens (tertiary/aromatic N) is 1. The fraction of sp³-hybridized carbons (Fsp3) is 0. The lowest BCUT2D eigenvalue weighted by Gasteiger charge is -2.01. The largest absolute Gasteiger partial charge is 0.321 e. The van der Waals surface area contributed by atoms with Gasteiger partial charge < -0.3 is 5.32 Å². The van der Waals surface area contributed by atoms with Crippen LogP contribution in [0.15, 0.2) is 65.4 Å². The Morgan fingerprint density at radius 3 is 2.57 bits per heavy atom. The number of rotatable bonds is 3. The van der Waals surface area contributed by atoms with E-state index in [1.54, 1.807) is 16.7 Å². The van der Waals surface area contributed by atoms with Gasteiger partial charge in [0, 0.05) is 32.1 Å². The topological polar surface area (TPSA) is 42.0 Å². The summed E-state index contributed by atoms with van der Waals surface area (Å²) in [7, 11) is 0. The third kappa shape index (κ3) is 2.76. The van der Waals surface area contributed by atoms with Crippen LogP contribution in [0, 0.1) is 0 Å². The third-order valence-electron chi connectivity index (χ3n) is 3.48. The number of carbonyl (C=O) groups excluding carboxylic acids is 1. The van der Waals surface area contributed by atoms with E-state index < -0.39 is 0 Å². The molecule has 4 rings (SSSR count). The first kappa shape index (κ1) is 14.1. The summed E-state index contributed by atoms with van der Waals surface area (Å²) in [6, 6.07) is 17.7. The van der Waals surface area contributed by atoms with Crippen molar-refractivity contribution in [1.29, 1.82) is 0 Å². The second-order valence-electron chi connectivity index (χ2n) is 5.00. The van der Waals surface area contributed by atoms with Gasteiger partial charge in [0.2, 0.25) is 0 Å². The molecule has 4 aromatic rings. The molecule has 112 valence electrons. The zero-order chi connectivity index (χ0) is 15.6. The number of hydrogen-bond donors (Lipinski definition) is 1. The van der Waals surface area contributed by atoms with Crippen molar-refractivity contribution in [2.24, 2.45) is 0 Å². The Morgan fingerprint density at radius 1 is 0.913 bits per heavy atom. The number of anilines is 1. The zero-order valence-corrected chi connectivity index (χ0v) is 13.7. The van der Waals surface area contributed by atoms with Crippen molar-refractivity contribution < 1.29 is 4.79 Å². The molecule has 2 aromatic carbocycles. The van der Waals surface area contributed by atoms with Gasteiger partial charge in [0.1, 0.15) is 10.7 Å². The number of carbonyl (C=O) groups is 1. The molecule has 0 spiro atoms. The Bertz CT molecular complexity index is 973. The summed E-state index contributed by atoms with van der Waals surface area (Å²) in [6.07, 6.45) is 0. The summed E-state index contributed by atoms with van der Waals surface area (Å²) in [6.45, 7) is 0. The van der Waals surface area contributed by atoms with Crippen molar-refractivity contribution in [2.45, 2.75) is 0 Å². The van der Waals surface area contributed by atoms with E-state index in [0.29, 0.717) is 5.69 Å². The van der Waals surface area contributed by atoms with Crippen molar-refractivity contribution >= 4 is 44.4 Å². The van der Waals surface area contributed by atoms with Crippen LogP contribution in [0.2, 0.25) is 0 Å². The van der Waals surface area contributed by atoms with Gasteiger partial charge in [-0.05, 0) is 18.2 Å². The lowest BCUT2D eigenvalue weighted by Crippen LogP contribution is -2.12. The summed E-state index contributed by atoms with van der Waals surface area (Å²) in [5, 5.41) is 8.82. The van der Waals surface area contributed by atoms with Crippen molar-refractivity contribution in [2.75, 3.05) is 5.32 Å². The van der Waals surface area contributed by atoms with Gasteiger partial charge >= 0.3 is 0 Å². The average molecular weight is 336 g/mol. The molecule has 0 atom stereocenters. The van der Waals surface area contributed by atoms with Crippen LogP contribution in [0.25, 0.3) is 20.7 Å². The number of para-hydroxylation sites is 1. The number of fused-ring (bicyclic) bond motifs is 1. The van der Waals surface area contributed by atoms with Crippen molar-refractivity contribution in [3.05, 3.63) is 71.1 Å². The SMILES string of the molecule is O=C(Nc1ccccc1)c1csc(-c2csc3ccccc23)n1. The molecule has 2 aromatic heterocycles. The highest BCUT2D eigenvalue weighted by atomic mass is 32.1. The molecule has 0 radical (unpaired) electrons. The third-order valence-corrected chi connectivity index (χ3v) is 5.32. The second kappa shape index (κ2) is 5.95. The summed E-state index contributed by atoms with van der Waals surface area (Å²) in [5.41, 5.74) is 2.31. The van der Waals surface area contributed by atoms with E-state index in [1.165, 1.54) is 21.4 Å². The first-order chi connectivity index (χ1) is 11.3. The number of hydrogen-bond acceptors (Lipinski definition) is 4. The highest BCUT2D eigenvalue weighted by Crippen LogP contribution is 2.35. The molecule has 0 unspecified atom stereocenters. The molecular formula is C18H12N2OS2. The molecule has 0 aliphatic heterocycles. The van der Waals surface area contributed by atoms with E-state index in [1.807, 2.05) is 42.5 Å². The van der Waals surface area contributed by atoms with E-state index >= 15 is 0 Å². The fourth-order valence-corrected chi connectivity index (χ4v) is 4.21. The maximum atomic E-state index is 12.3. The van der Waals surface area contributed by atoms with Crippen LogP contribution in [0.1, 0.15) is 10.5 Å². The smallest absolute Gasteiger partial charge is 0.275 e. The van der Waals surface area contributed by atoms with Crippen LogP contribution in [-0.2, 0) is 0 Å². The minimum Gasteiger partial charge on any atom is -0.321 e. The molecular weight excluding hydrogens is 324 g/mol. The Morgan fingerprint density at radius 2 is 1.70 bits per heavy atom. The van der Waals surface area contributed by atoms with E-state index in [4.69, 9.17) is 0 Å². The minimum atomic E-state index is -0.182. The molecule has 0 saturated carbocycles. The molecule has 0 aliphatic rings. The van der Waals surface area contributed by atoms with Crippen LogP contribution in [0.4, 0.5) is 5.69 Å². The van der Waals surface area contributed by atoms with Crippen LogP contribution in [-0.4, -0.2) is 10.9 Å². The number of nitrogens with one attached hydrogen (secondary N) is 1. The zero-order valence-electron chi connectivity index (χ0n) is 12.0. The minimum absolute atomic E-state index is 0.182. The van der Waals surface area contributed by atoms with Crippen molar-refractivity contribution in [3.8, 4) is 10.6 Å². The Kier molecular flexibility index (Phi) is 3.65. The van der Waals surface area contributed by atoms with Crippen LogP contribution < -0.4 is 5.32 Å². The molecule has 3 nitrogen and oxygen atoms in total. The van der Waals surface area contributed by atoms with Gasteiger partial charge in [-0.1, -0.05) is 36.4 Å². The number of amides is 1. The van der Waals surface area contributed by atoms with Gasteiger partial charge in [-0.15, -0.1) is 22.7 Å². The number of thiophene rings is 1. The second-order valence-corrected chi connectivity index (χ2v) is 6.77. The number of thiazole rings is 1. The summed E-state index contributed by atoms with van der Waals surface area (Å²) >= 11 is 3.19. The summed E-state index contributed by atoms with van der Waals surface area (Å²) in [5.74, 6) is -0.182. The lowest BCUT2D eigenvalue weighted by molar-refractivity contribution is 0.102. The normalized spacial score (nSPS) is 10.8. The Labute approximate surface area is 141 Å². The number of aromatic nitrogens is 1. The van der Waals surface area contributed by atoms with Gasteiger partial charge in [-0.25, -0.2) is 4.98 Å². The first-order valence-corrected chi connectivity index (χ1v) is 8.86. The molecule has 5 heteroatoms. The quantitative estimate of drug-likeness (QED) is 0.553. The monoisotopic (exact) mass is 336 g/mol. The predicted octanol–water partition coefficient (Wildman–Crippen LogP) is 5.28. The molecule has 1 amide bonds. The Hall–Kier alpha value is -2.50. The van der Waals surface area contributed by atoms with E-state index in [0.717, 1.165) is 16.3 Å². The molecule has 0 bridgehead atoms. The van der Waals surface area contributed by atoms with Gasteiger partial charge in [-0.2, -0.15) is 0 Å². The molecule has 1 N–H and O–H groups in total. The van der Waals surface area contributed by atoms with Crippen LogP contribution in [0.3, 0.4) is 0 Å².